The second-order valence-electron chi connectivity index (χ2n) is 4.14. The summed E-state index contributed by atoms with van der Waals surface area (Å²) in [4.78, 5) is 4.23. The van der Waals surface area contributed by atoms with Crippen LogP contribution in [0.1, 0.15) is 5.56 Å². The summed E-state index contributed by atoms with van der Waals surface area (Å²) >= 11 is 0. The largest absolute Gasteiger partial charge is 0.496 e. The molecule has 1 aromatic carbocycles. The fourth-order valence-electron chi connectivity index (χ4n) is 2.05. The monoisotopic (exact) mass is 249 g/mol. The van der Waals surface area contributed by atoms with Crippen LogP contribution in [0.3, 0.4) is 0 Å². The summed E-state index contributed by atoms with van der Waals surface area (Å²) in [6, 6.07) is 11.4. The maximum absolute atomic E-state index is 8.83. The van der Waals surface area contributed by atoms with Crippen LogP contribution in [0.5, 0.6) is 5.75 Å². The van der Waals surface area contributed by atoms with Gasteiger partial charge >= 0.3 is 0 Å². The zero-order valence-corrected chi connectivity index (χ0v) is 10.4. The smallest absolute Gasteiger partial charge is 0.140 e. The third-order valence-electron chi connectivity index (χ3n) is 3.04. The zero-order chi connectivity index (χ0) is 13.2. The summed E-state index contributed by atoms with van der Waals surface area (Å²) in [6.45, 7) is 0. The Morgan fingerprint density at radius 3 is 2.74 bits per heavy atom. The number of benzene rings is 1. The number of hydrogen-bond donors (Lipinski definition) is 0. The van der Waals surface area contributed by atoms with Crippen LogP contribution >= 0.6 is 0 Å². The second-order valence-corrected chi connectivity index (χ2v) is 4.14. The lowest BCUT2D eigenvalue weighted by molar-refractivity contribution is 0.416. The van der Waals surface area contributed by atoms with Gasteiger partial charge in [-0.25, -0.2) is 4.98 Å². The number of rotatable bonds is 2. The number of fused-ring (bicyclic) bond motifs is 1. The summed E-state index contributed by atoms with van der Waals surface area (Å²) < 4.78 is 7.36. The molecule has 0 aliphatic carbocycles. The zero-order valence-electron chi connectivity index (χ0n) is 10.4. The molecule has 0 fully saturated rings. The molecule has 0 atom stereocenters. The fourth-order valence-corrected chi connectivity index (χ4v) is 2.05. The summed E-state index contributed by atoms with van der Waals surface area (Å²) in [6.07, 6.45) is 5.61. The van der Waals surface area contributed by atoms with Crippen LogP contribution in [-0.4, -0.2) is 16.5 Å². The highest BCUT2D eigenvalue weighted by Crippen LogP contribution is 2.30. The van der Waals surface area contributed by atoms with Crippen molar-refractivity contribution in [3.05, 3.63) is 54.5 Å². The van der Waals surface area contributed by atoms with Gasteiger partial charge in [0.15, 0.2) is 0 Å². The first kappa shape index (κ1) is 11.3. The Bertz CT molecular complexity index is 766. The van der Waals surface area contributed by atoms with Gasteiger partial charge in [-0.05, 0) is 17.7 Å². The SMILES string of the molecule is COc1cc2nccn2cc1-c1ccc(C#N)cc1. The lowest BCUT2D eigenvalue weighted by atomic mass is 10.1. The molecule has 0 aliphatic rings. The van der Waals surface area contributed by atoms with Crippen LogP contribution in [0, 0.1) is 11.3 Å². The van der Waals surface area contributed by atoms with Gasteiger partial charge in [-0.2, -0.15) is 5.26 Å². The van der Waals surface area contributed by atoms with E-state index < -0.39 is 0 Å². The third-order valence-corrected chi connectivity index (χ3v) is 3.04. The average Bonchev–Trinajstić information content (AvgIpc) is 2.93. The van der Waals surface area contributed by atoms with E-state index in [1.165, 1.54) is 0 Å². The van der Waals surface area contributed by atoms with Crippen molar-refractivity contribution in [2.24, 2.45) is 0 Å². The molecule has 19 heavy (non-hydrogen) atoms. The Balaban J connectivity index is 2.19. The van der Waals surface area contributed by atoms with E-state index in [9.17, 15) is 0 Å². The number of methoxy groups -OCH3 is 1. The van der Waals surface area contributed by atoms with Crippen LogP contribution in [0.15, 0.2) is 48.9 Å². The molecule has 0 saturated carbocycles. The van der Waals surface area contributed by atoms with E-state index in [2.05, 4.69) is 11.1 Å². The minimum absolute atomic E-state index is 0.645. The van der Waals surface area contributed by atoms with E-state index in [1.807, 2.05) is 35.0 Å². The molecule has 4 nitrogen and oxygen atoms in total. The molecule has 0 saturated heterocycles. The quantitative estimate of drug-likeness (QED) is 0.701. The molecule has 0 bridgehead atoms. The number of hydrogen-bond acceptors (Lipinski definition) is 3. The van der Waals surface area contributed by atoms with Gasteiger partial charge in [0, 0.05) is 30.2 Å². The Hall–Kier alpha value is -2.80. The Morgan fingerprint density at radius 1 is 1.26 bits per heavy atom. The molecule has 3 rings (SSSR count). The molecule has 0 N–H and O–H groups in total. The molecule has 2 aromatic heterocycles. The number of ether oxygens (including phenoxy) is 1. The summed E-state index contributed by atoms with van der Waals surface area (Å²) in [7, 11) is 1.64. The molecule has 4 heteroatoms. The molecular formula is C15H11N3O. The van der Waals surface area contributed by atoms with E-state index in [0.717, 1.165) is 22.5 Å². The summed E-state index contributed by atoms with van der Waals surface area (Å²) in [5.41, 5.74) is 3.46. The number of nitrogens with zero attached hydrogens (tertiary/aromatic N) is 3. The average molecular weight is 249 g/mol. The molecule has 0 spiro atoms. The Kier molecular flexibility index (Phi) is 2.66. The first-order chi connectivity index (χ1) is 9.31. The van der Waals surface area contributed by atoms with Crippen molar-refractivity contribution in [1.29, 1.82) is 5.26 Å². The third kappa shape index (κ3) is 1.91. The van der Waals surface area contributed by atoms with Crippen molar-refractivity contribution in [2.45, 2.75) is 0 Å². The Morgan fingerprint density at radius 2 is 2.05 bits per heavy atom. The minimum Gasteiger partial charge on any atom is -0.496 e. The minimum atomic E-state index is 0.645. The molecule has 3 aromatic rings. The van der Waals surface area contributed by atoms with Gasteiger partial charge in [-0.3, -0.25) is 0 Å². The molecule has 2 heterocycles. The van der Waals surface area contributed by atoms with E-state index >= 15 is 0 Å². The van der Waals surface area contributed by atoms with Gasteiger partial charge in [0.25, 0.3) is 0 Å². The van der Waals surface area contributed by atoms with E-state index in [0.29, 0.717) is 5.56 Å². The van der Waals surface area contributed by atoms with Crippen LogP contribution in [-0.2, 0) is 0 Å². The highest BCUT2D eigenvalue weighted by molar-refractivity contribution is 5.72. The lowest BCUT2D eigenvalue weighted by Gasteiger charge is -2.09. The molecule has 0 radical (unpaired) electrons. The molecule has 0 aliphatic heterocycles. The van der Waals surface area contributed by atoms with Gasteiger partial charge in [0.05, 0.1) is 18.7 Å². The number of imidazole rings is 1. The highest BCUT2D eigenvalue weighted by Gasteiger charge is 2.08. The summed E-state index contributed by atoms with van der Waals surface area (Å²) in [5.74, 6) is 0.767. The molecule has 92 valence electrons. The van der Waals surface area contributed by atoms with Crippen LogP contribution in [0.2, 0.25) is 0 Å². The number of nitriles is 1. The van der Waals surface area contributed by atoms with E-state index in [-0.39, 0.29) is 0 Å². The molecular weight excluding hydrogens is 238 g/mol. The predicted molar refractivity (Wildman–Crippen MR) is 71.9 cm³/mol. The lowest BCUT2D eigenvalue weighted by Crippen LogP contribution is -1.92. The first-order valence-electron chi connectivity index (χ1n) is 5.83. The fraction of sp³-hybridized carbons (Fsp3) is 0.0667. The van der Waals surface area contributed by atoms with Gasteiger partial charge in [0.2, 0.25) is 0 Å². The standard InChI is InChI=1S/C15H11N3O/c1-19-14-8-15-17-6-7-18(15)10-13(14)12-4-2-11(9-16)3-5-12/h2-8,10H,1H3. The van der Waals surface area contributed by atoms with Crippen molar-refractivity contribution >= 4 is 5.65 Å². The number of aromatic nitrogens is 2. The molecule has 0 unspecified atom stereocenters. The van der Waals surface area contributed by atoms with Crippen molar-refractivity contribution in [3.8, 4) is 22.9 Å². The maximum Gasteiger partial charge on any atom is 0.140 e. The second kappa shape index (κ2) is 4.46. The van der Waals surface area contributed by atoms with Crippen molar-refractivity contribution in [1.82, 2.24) is 9.38 Å². The number of pyridine rings is 1. The van der Waals surface area contributed by atoms with Gasteiger partial charge in [-0.1, -0.05) is 12.1 Å². The van der Waals surface area contributed by atoms with Crippen molar-refractivity contribution < 1.29 is 4.74 Å². The predicted octanol–water partition coefficient (Wildman–Crippen LogP) is 2.88. The first-order valence-corrected chi connectivity index (χ1v) is 5.83. The van der Waals surface area contributed by atoms with E-state index in [1.54, 1.807) is 25.4 Å². The van der Waals surface area contributed by atoms with Crippen LogP contribution in [0.25, 0.3) is 16.8 Å². The van der Waals surface area contributed by atoms with Gasteiger partial charge in [0.1, 0.15) is 11.4 Å². The maximum atomic E-state index is 8.83. The topological polar surface area (TPSA) is 50.3 Å². The normalized spacial score (nSPS) is 10.3. The van der Waals surface area contributed by atoms with Gasteiger partial charge in [-0.15, -0.1) is 0 Å². The van der Waals surface area contributed by atoms with Crippen molar-refractivity contribution in [3.63, 3.8) is 0 Å². The summed E-state index contributed by atoms with van der Waals surface area (Å²) in [5, 5.41) is 8.83. The van der Waals surface area contributed by atoms with Crippen LogP contribution in [0.4, 0.5) is 0 Å². The van der Waals surface area contributed by atoms with Crippen LogP contribution < -0.4 is 4.74 Å². The van der Waals surface area contributed by atoms with Crippen molar-refractivity contribution in [2.75, 3.05) is 7.11 Å². The van der Waals surface area contributed by atoms with Gasteiger partial charge < -0.3 is 9.14 Å². The Labute approximate surface area is 110 Å². The highest BCUT2D eigenvalue weighted by atomic mass is 16.5. The van der Waals surface area contributed by atoms with E-state index in [4.69, 9.17) is 10.00 Å². The molecule has 0 amide bonds.